The van der Waals surface area contributed by atoms with E-state index in [1.165, 1.54) is 20.7 Å². The third-order valence-corrected chi connectivity index (χ3v) is 17.8. The molecule has 0 fully saturated rings. The lowest BCUT2D eigenvalue weighted by molar-refractivity contribution is 0.671. The molecule has 300 valence electrons. The molecule has 0 amide bonds. The summed E-state index contributed by atoms with van der Waals surface area (Å²) in [6.45, 7) is 0. The Kier molecular flexibility index (Phi) is 8.13. The number of hydrogen-bond donors (Lipinski definition) is 0. The molecule has 7 heteroatoms. The van der Waals surface area contributed by atoms with Gasteiger partial charge in [0, 0.05) is 32.3 Å². The molecule has 9 aromatic carbocycles. The highest BCUT2D eigenvalue weighted by atomic mass is 28.3. The van der Waals surface area contributed by atoms with Crippen LogP contribution in [0.3, 0.4) is 0 Å². The first-order valence-corrected chi connectivity index (χ1v) is 23.6. The van der Waals surface area contributed by atoms with Gasteiger partial charge in [-0.15, -0.1) is 0 Å². The fourth-order valence-electron chi connectivity index (χ4n) is 10.3. The van der Waals surface area contributed by atoms with Crippen molar-refractivity contribution < 1.29 is 4.42 Å². The van der Waals surface area contributed by atoms with Crippen LogP contribution >= 0.6 is 0 Å². The van der Waals surface area contributed by atoms with Crippen LogP contribution in [0.2, 0.25) is 0 Å². The Morgan fingerprint density at radius 2 is 0.672 bits per heavy atom. The third kappa shape index (κ3) is 5.28. The summed E-state index contributed by atoms with van der Waals surface area (Å²) in [6, 6.07) is 79.9. The highest BCUT2D eigenvalue weighted by molar-refractivity contribution is 7.20. The number of benzene rings is 9. The van der Waals surface area contributed by atoms with Gasteiger partial charge in [0.2, 0.25) is 11.9 Å². The van der Waals surface area contributed by atoms with Gasteiger partial charge < -0.3 is 4.42 Å². The molecule has 4 aromatic heterocycles. The van der Waals surface area contributed by atoms with Gasteiger partial charge in [-0.3, -0.25) is 9.13 Å². The molecule has 0 saturated heterocycles. The van der Waals surface area contributed by atoms with Crippen LogP contribution < -0.4 is 20.7 Å². The molecule has 0 aliphatic carbocycles. The van der Waals surface area contributed by atoms with E-state index in [1.807, 2.05) is 0 Å². The van der Waals surface area contributed by atoms with Crippen molar-refractivity contribution in [3.05, 3.63) is 224 Å². The lowest BCUT2D eigenvalue weighted by Gasteiger charge is -2.34. The van der Waals surface area contributed by atoms with Gasteiger partial charge in [0.1, 0.15) is 11.2 Å². The Balaban J connectivity index is 1.13. The molecule has 6 nitrogen and oxygen atoms in total. The van der Waals surface area contributed by atoms with Crippen molar-refractivity contribution >= 4 is 94.4 Å². The molecule has 0 aliphatic rings. The maximum absolute atomic E-state index is 7.40. The molecule has 0 radical (unpaired) electrons. The van der Waals surface area contributed by atoms with Crippen LogP contribution in [0.4, 0.5) is 0 Å². The molecule has 13 aromatic rings. The monoisotopic (exact) mass is 835 g/mol. The Morgan fingerprint density at radius 3 is 1.11 bits per heavy atom. The molecule has 0 spiro atoms. The zero-order chi connectivity index (χ0) is 42.2. The topological polar surface area (TPSA) is 61.7 Å². The van der Waals surface area contributed by atoms with E-state index in [0.717, 1.165) is 71.1 Å². The lowest BCUT2D eigenvalue weighted by atomic mass is 10.1. The van der Waals surface area contributed by atoms with Crippen molar-refractivity contribution in [2.75, 3.05) is 0 Å². The Labute approximate surface area is 369 Å². The molecule has 0 aliphatic heterocycles. The molecular formula is C57H37N5OSi. The van der Waals surface area contributed by atoms with Crippen molar-refractivity contribution in [1.82, 2.24) is 24.1 Å². The van der Waals surface area contributed by atoms with E-state index in [-0.39, 0.29) is 0 Å². The van der Waals surface area contributed by atoms with Gasteiger partial charge in [-0.25, -0.2) is 0 Å². The second-order valence-electron chi connectivity index (χ2n) is 16.3. The molecule has 4 heterocycles. The normalized spacial score (nSPS) is 12.1. The predicted molar refractivity (Wildman–Crippen MR) is 265 cm³/mol. The number of para-hydroxylation sites is 6. The summed E-state index contributed by atoms with van der Waals surface area (Å²) >= 11 is 0. The molecule has 64 heavy (non-hydrogen) atoms. The molecule has 0 bridgehead atoms. The second kappa shape index (κ2) is 14.3. The SMILES string of the molecule is c1ccc([Si](c2ccccc2)(c2ccccc2)c2cccc3c2oc2c(-c4nc(-n5c6ccccc6c6ccccc65)nc(-n5c6ccccc6c6ccccc65)n4)cccc23)cc1. The summed E-state index contributed by atoms with van der Waals surface area (Å²) in [5, 5.41) is 11.6. The molecule has 0 saturated carbocycles. The predicted octanol–water partition coefficient (Wildman–Crippen LogP) is 11.0. The van der Waals surface area contributed by atoms with Crippen molar-refractivity contribution in [2.24, 2.45) is 0 Å². The van der Waals surface area contributed by atoms with Crippen LogP contribution in [-0.4, -0.2) is 32.2 Å². The average molecular weight is 836 g/mol. The summed E-state index contributed by atoms with van der Waals surface area (Å²) in [7, 11) is -2.96. The minimum Gasteiger partial charge on any atom is -0.455 e. The molecule has 0 unspecified atom stereocenters. The smallest absolute Gasteiger partial charge is 0.240 e. The van der Waals surface area contributed by atoms with Crippen molar-refractivity contribution in [2.45, 2.75) is 0 Å². The van der Waals surface area contributed by atoms with Gasteiger partial charge in [-0.05, 0) is 51.1 Å². The fourth-order valence-corrected chi connectivity index (χ4v) is 15.2. The number of aromatic nitrogens is 5. The maximum atomic E-state index is 7.40. The fraction of sp³-hybridized carbons (Fsp3) is 0. The Morgan fingerprint density at radius 1 is 0.312 bits per heavy atom. The van der Waals surface area contributed by atoms with Crippen LogP contribution in [0.25, 0.3) is 88.8 Å². The first-order chi connectivity index (χ1) is 31.8. The summed E-state index contributed by atoms with van der Waals surface area (Å²) in [6.07, 6.45) is 0. The summed E-state index contributed by atoms with van der Waals surface area (Å²) in [5.74, 6) is 1.57. The lowest BCUT2D eigenvalue weighted by Crippen LogP contribution is -2.74. The van der Waals surface area contributed by atoms with E-state index in [9.17, 15) is 0 Å². The van der Waals surface area contributed by atoms with E-state index < -0.39 is 8.07 Å². The van der Waals surface area contributed by atoms with E-state index >= 15 is 0 Å². The summed E-state index contributed by atoms with van der Waals surface area (Å²) < 4.78 is 11.7. The Hall–Kier alpha value is -8.39. The van der Waals surface area contributed by atoms with Gasteiger partial charge in [0.05, 0.1) is 27.6 Å². The quantitative estimate of drug-likeness (QED) is 0.119. The Bertz CT molecular complexity index is 3580. The van der Waals surface area contributed by atoms with Gasteiger partial charge in [-0.1, -0.05) is 194 Å². The van der Waals surface area contributed by atoms with E-state index in [4.69, 9.17) is 19.4 Å². The molecular weight excluding hydrogens is 799 g/mol. The highest BCUT2D eigenvalue weighted by Gasteiger charge is 2.43. The number of furan rings is 1. The van der Waals surface area contributed by atoms with Crippen LogP contribution in [0.5, 0.6) is 0 Å². The van der Waals surface area contributed by atoms with Crippen molar-refractivity contribution in [1.29, 1.82) is 0 Å². The zero-order valence-electron chi connectivity index (χ0n) is 34.5. The zero-order valence-corrected chi connectivity index (χ0v) is 35.5. The number of fused-ring (bicyclic) bond motifs is 9. The number of nitrogens with zero attached hydrogens (tertiary/aromatic N) is 5. The molecule has 0 atom stereocenters. The highest BCUT2D eigenvalue weighted by Crippen LogP contribution is 2.38. The third-order valence-electron chi connectivity index (χ3n) is 13.0. The van der Waals surface area contributed by atoms with Gasteiger partial charge >= 0.3 is 0 Å². The summed E-state index contributed by atoms with van der Waals surface area (Å²) in [5.41, 5.74) is 6.46. The first kappa shape index (κ1) is 36.3. The van der Waals surface area contributed by atoms with Crippen molar-refractivity contribution in [3.8, 4) is 23.3 Å². The maximum Gasteiger partial charge on any atom is 0.240 e. The number of hydrogen-bond acceptors (Lipinski definition) is 4. The van der Waals surface area contributed by atoms with Crippen LogP contribution in [0.1, 0.15) is 0 Å². The van der Waals surface area contributed by atoms with E-state index in [1.54, 1.807) is 0 Å². The average Bonchev–Trinajstić information content (AvgIpc) is 4.04. The van der Waals surface area contributed by atoms with Crippen LogP contribution in [0, 0.1) is 0 Å². The van der Waals surface area contributed by atoms with Gasteiger partial charge in [-0.2, -0.15) is 15.0 Å². The van der Waals surface area contributed by atoms with E-state index in [0.29, 0.717) is 17.7 Å². The van der Waals surface area contributed by atoms with Gasteiger partial charge in [0.25, 0.3) is 0 Å². The summed E-state index contributed by atoms with van der Waals surface area (Å²) in [4.78, 5) is 16.2. The molecule has 13 rings (SSSR count). The van der Waals surface area contributed by atoms with Gasteiger partial charge in [0.15, 0.2) is 13.9 Å². The van der Waals surface area contributed by atoms with E-state index in [2.05, 4.69) is 234 Å². The van der Waals surface area contributed by atoms with Crippen molar-refractivity contribution in [3.63, 3.8) is 0 Å². The van der Waals surface area contributed by atoms with Crippen LogP contribution in [-0.2, 0) is 0 Å². The minimum atomic E-state index is -2.96. The largest absolute Gasteiger partial charge is 0.455 e. The second-order valence-corrected chi connectivity index (χ2v) is 20.1. The minimum absolute atomic E-state index is 0.521. The standard InChI is InChI=1S/C57H37N5OSi/c1-4-20-38(21-5-1)64(39-22-6-2-7-23-39,40-24-8-3-9-25-40)52-37-19-31-46-45-30-18-32-47(53(45)63-54(46)52)55-58-56(61-48-33-14-10-26-41(48)42-27-11-15-34-49(42)61)60-57(59-55)62-50-35-16-12-28-43(50)44-29-13-17-36-51(44)62/h1-37H. The number of rotatable bonds is 7. The first-order valence-electron chi connectivity index (χ1n) is 21.6. The molecule has 0 N–H and O–H groups in total. The van der Waals surface area contributed by atoms with Crippen LogP contribution in [0.15, 0.2) is 229 Å².